The molecule has 21 heavy (non-hydrogen) atoms. The van der Waals surface area contributed by atoms with Crippen LogP contribution in [0.4, 0.5) is 4.39 Å². The van der Waals surface area contributed by atoms with Crippen molar-refractivity contribution in [3.8, 4) is 0 Å². The molecular weight excluding hydrogens is 317 g/mol. The monoisotopic (exact) mass is 327 g/mol. The summed E-state index contributed by atoms with van der Waals surface area (Å²) < 4.78 is 35.6. The van der Waals surface area contributed by atoms with Gasteiger partial charge in [0.1, 0.15) is 5.82 Å². The number of nitrogens with one attached hydrogen (secondary N) is 1. The van der Waals surface area contributed by atoms with Gasteiger partial charge in [0.25, 0.3) is 15.0 Å². The molecule has 0 aliphatic carbocycles. The first-order chi connectivity index (χ1) is 9.88. The molecule has 0 fully saturated rings. The number of amides is 1. The van der Waals surface area contributed by atoms with E-state index < -0.39 is 15.0 Å². The molecule has 2 rings (SSSR count). The summed E-state index contributed by atoms with van der Waals surface area (Å²) in [4.78, 5) is 11.8. The van der Waals surface area contributed by atoms with Crippen LogP contribution in [0.1, 0.15) is 15.9 Å². The molecule has 110 valence electrons. The van der Waals surface area contributed by atoms with Crippen molar-refractivity contribution in [2.24, 2.45) is 0 Å². The molecule has 2 aromatic rings. The Bertz CT molecular complexity index is 760. The number of carbonyl (C=O) groups excluding carboxylic acids is 1. The maximum Gasteiger partial charge on any atom is 0.262 e. The summed E-state index contributed by atoms with van der Waals surface area (Å²) in [6.45, 7) is 0.149. The lowest BCUT2D eigenvalue weighted by atomic mass is 10.2. The van der Waals surface area contributed by atoms with Crippen LogP contribution >= 0.6 is 10.7 Å². The van der Waals surface area contributed by atoms with Crippen LogP contribution in [0.25, 0.3) is 0 Å². The highest BCUT2D eigenvalue weighted by Crippen LogP contribution is 2.19. The van der Waals surface area contributed by atoms with Gasteiger partial charge in [-0.05, 0) is 29.8 Å². The van der Waals surface area contributed by atoms with Crippen LogP contribution < -0.4 is 5.32 Å². The third kappa shape index (κ3) is 4.03. The summed E-state index contributed by atoms with van der Waals surface area (Å²) in [5.41, 5.74) is 0.658. The van der Waals surface area contributed by atoms with Gasteiger partial charge in [-0.25, -0.2) is 12.8 Å². The molecule has 0 radical (unpaired) electrons. The molecule has 0 aliphatic rings. The molecule has 2 aromatic carbocycles. The standard InChI is InChI=1S/C14H11ClFNO3S/c15-21(19,20)13-4-2-1-3-12(13)14(18)17-9-10-5-7-11(16)8-6-10/h1-8H,9H2,(H,17,18). The van der Waals surface area contributed by atoms with E-state index in [0.717, 1.165) is 0 Å². The minimum Gasteiger partial charge on any atom is -0.348 e. The second-order valence-electron chi connectivity index (χ2n) is 4.24. The van der Waals surface area contributed by atoms with E-state index in [-0.39, 0.29) is 22.8 Å². The smallest absolute Gasteiger partial charge is 0.262 e. The molecule has 0 aliphatic heterocycles. The van der Waals surface area contributed by atoms with Crippen molar-refractivity contribution in [1.82, 2.24) is 5.32 Å². The topological polar surface area (TPSA) is 63.2 Å². The average Bonchev–Trinajstić information content (AvgIpc) is 2.45. The van der Waals surface area contributed by atoms with E-state index >= 15 is 0 Å². The van der Waals surface area contributed by atoms with Crippen LogP contribution in [0.15, 0.2) is 53.4 Å². The fraction of sp³-hybridized carbons (Fsp3) is 0.0714. The van der Waals surface area contributed by atoms with Crippen molar-refractivity contribution in [3.05, 3.63) is 65.5 Å². The highest BCUT2D eigenvalue weighted by Gasteiger charge is 2.19. The van der Waals surface area contributed by atoms with E-state index in [9.17, 15) is 17.6 Å². The quantitative estimate of drug-likeness (QED) is 0.878. The van der Waals surface area contributed by atoms with Gasteiger partial charge >= 0.3 is 0 Å². The minimum atomic E-state index is -4.01. The summed E-state index contributed by atoms with van der Waals surface area (Å²) in [5, 5.41) is 2.56. The first kappa shape index (κ1) is 15.5. The van der Waals surface area contributed by atoms with E-state index in [1.807, 2.05) is 0 Å². The Morgan fingerprint density at radius 1 is 1.10 bits per heavy atom. The first-order valence-corrected chi connectivity index (χ1v) is 8.25. The van der Waals surface area contributed by atoms with E-state index in [1.54, 1.807) is 6.07 Å². The van der Waals surface area contributed by atoms with E-state index in [0.29, 0.717) is 5.56 Å². The third-order valence-electron chi connectivity index (χ3n) is 2.76. The van der Waals surface area contributed by atoms with Crippen LogP contribution in [0.2, 0.25) is 0 Å². The SMILES string of the molecule is O=C(NCc1ccc(F)cc1)c1ccccc1S(=O)(=O)Cl. The number of rotatable bonds is 4. The normalized spacial score (nSPS) is 11.1. The summed E-state index contributed by atoms with van der Waals surface area (Å²) in [5.74, 6) is -0.942. The Morgan fingerprint density at radius 3 is 2.33 bits per heavy atom. The molecule has 0 heterocycles. The zero-order valence-electron chi connectivity index (χ0n) is 10.7. The Hall–Kier alpha value is -1.92. The zero-order chi connectivity index (χ0) is 15.5. The number of carbonyl (C=O) groups is 1. The van der Waals surface area contributed by atoms with Crippen LogP contribution in [-0.4, -0.2) is 14.3 Å². The van der Waals surface area contributed by atoms with Crippen LogP contribution in [0.5, 0.6) is 0 Å². The summed E-state index contributed by atoms with van der Waals surface area (Å²) in [6.07, 6.45) is 0. The number of benzene rings is 2. The molecular formula is C14H11ClFNO3S. The Balaban J connectivity index is 2.16. The lowest BCUT2D eigenvalue weighted by Crippen LogP contribution is -2.24. The van der Waals surface area contributed by atoms with E-state index in [1.165, 1.54) is 42.5 Å². The van der Waals surface area contributed by atoms with Gasteiger partial charge in [0.15, 0.2) is 0 Å². The molecule has 0 atom stereocenters. The fourth-order valence-corrected chi connectivity index (χ4v) is 2.81. The average molecular weight is 328 g/mol. The van der Waals surface area contributed by atoms with Gasteiger partial charge in [-0.1, -0.05) is 24.3 Å². The van der Waals surface area contributed by atoms with Crippen molar-refractivity contribution < 1.29 is 17.6 Å². The van der Waals surface area contributed by atoms with Gasteiger partial charge in [-0.3, -0.25) is 4.79 Å². The molecule has 0 spiro atoms. The van der Waals surface area contributed by atoms with Crippen molar-refractivity contribution in [1.29, 1.82) is 0 Å². The third-order valence-corrected chi connectivity index (χ3v) is 4.14. The number of hydrogen-bond acceptors (Lipinski definition) is 3. The fourth-order valence-electron chi connectivity index (χ4n) is 1.75. The van der Waals surface area contributed by atoms with E-state index in [2.05, 4.69) is 5.32 Å². The molecule has 1 N–H and O–H groups in total. The predicted molar refractivity (Wildman–Crippen MR) is 77.1 cm³/mol. The lowest BCUT2D eigenvalue weighted by molar-refractivity contribution is 0.0947. The molecule has 0 bridgehead atoms. The molecule has 1 amide bonds. The van der Waals surface area contributed by atoms with Gasteiger partial charge < -0.3 is 5.32 Å². The Morgan fingerprint density at radius 2 is 1.71 bits per heavy atom. The summed E-state index contributed by atoms with van der Waals surface area (Å²) in [6, 6.07) is 11.3. The highest BCUT2D eigenvalue weighted by atomic mass is 35.7. The van der Waals surface area contributed by atoms with E-state index in [4.69, 9.17) is 10.7 Å². The van der Waals surface area contributed by atoms with Crippen LogP contribution in [0, 0.1) is 5.82 Å². The highest BCUT2D eigenvalue weighted by molar-refractivity contribution is 8.13. The first-order valence-electron chi connectivity index (χ1n) is 5.94. The molecule has 0 unspecified atom stereocenters. The molecule has 0 aromatic heterocycles. The van der Waals surface area contributed by atoms with Crippen molar-refractivity contribution in [3.63, 3.8) is 0 Å². The van der Waals surface area contributed by atoms with Gasteiger partial charge in [0.05, 0.1) is 10.5 Å². The Kier molecular flexibility index (Phi) is 4.59. The van der Waals surface area contributed by atoms with Crippen molar-refractivity contribution in [2.45, 2.75) is 11.4 Å². The second-order valence-corrected chi connectivity index (χ2v) is 6.78. The maximum atomic E-state index is 12.8. The van der Waals surface area contributed by atoms with Crippen molar-refractivity contribution in [2.75, 3.05) is 0 Å². The van der Waals surface area contributed by atoms with Gasteiger partial charge in [-0.2, -0.15) is 0 Å². The minimum absolute atomic E-state index is 0.0328. The Labute approximate surface area is 126 Å². The molecule has 7 heteroatoms. The lowest BCUT2D eigenvalue weighted by Gasteiger charge is -2.08. The number of hydrogen-bond donors (Lipinski definition) is 1. The largest absolute Gasteiger partial charge is 0.348 e. The summed E-state index contributed by atoms with van der Waals surface area (Å²) >= 11 is 0. The predicted octanol–water partition coefficient (Wildman–Crippen LogP) is 2.68. The molecule has 0 saturated heterocycles. The molecule has 4 nitrogen and oxygen atoms in total. The maximum absolute atomic E-state index is 12.8. The van der Waals surface area contributed by atoms with Crippen LogP contribution in [0.3, 0.4) is 0 Å². The number of halogens is 2. The van der Waals surface area contributed by atoms with Crippen molar-refractivity contribution >= 4 is 25.6 Å². The second kappa shape index (κ2) is 6.24. The van der Waals surface area contributed by atoms with Gasteiger partial charge in [-0.15, -0.1) is 0 Å². The summed E-state index contributed by atoms with van der Waals surface area (Å²) in [7, 11) is 1.29. The molecule has 0 saturated carbocycles. The zero-order valence-corrected chi connectivity index (χ0v) is 12.3. The van der Waals surface area contributed by atoms with Gasteiger partial charge in [0, 0.05) is 17.2 Å². The van der Waals surface area contributed by atoms with Gasteiger partial charge in [0.2, 0.25) is 0 Å². The van der Waals surface area contributed by atoms with Crippen LogP contribution in [-0.2, 0) is 15.6 Å².